The van der Waals surface area contributed by atoms with Crippen LogP contribution in [0.15, 0.2) is 42.5 Å². The zero-order valence-electron chi connectivity index (χ0n) is 17.0. The first-order valence-electron chi connectivity index (χ1n) is 9.73. The third-order valence-corrected chi connectivity index (χ3v) is 5.74. The van der Waals surface area contributed by atoms with E-state index in [-0.39, 0.29) is 5.91 Å². The van der Waals surface area contributed by atoms with Crippen LogP contribution in [0.4, 0.5) is 0 Å². The van der Waals surface area contributed by atoms with E-state index in [2.05, 4.69) is 28.4 Å². The Morgan fingerprint density at radius 3 is 2.29 bits per heavy atom. The minimum Gasteiger partial charge on any atom is -0.330 e. The maximum Gasteiger partial charge on any atom is 0.233 e. The van der Waals surface area contributed by atoms with E-state index in [0.29, 0.717) is 13.1 Å². The molecule has 0 N–H and O–H groups in total. The number of nitrogens with zero attached hydrogens (tertiary/aromatic N) is 5. The molecule has 1 fully saturated rings. The Morgan fingerprint density at radius 1 is 1.04 bits per heavy atom. The highest BCUT2D eigenvalue weighted by molar-refractivity contribution is 5.91. The second-order valence-corrected chi connectivity index (χ2v) is 7.91. The summed E-state index contributed by atoms with van der Waals surface area (Å²) < 4.78 is 3.72. The van der Waals surface area contributed by atoms with Crippen LogP contribution in [0.1, 0.15) is 41.2 Å². The molecule has 0 atom stereocenters. The van der Waals surface area contributed by atoms with Crippen molar-refractivity contribution in [2.75, 3.05) is 0 Å². The summed E-state index contributed by atoms with van der Waals surface area (Å²) in [5.74, 6) is 0.181. The second kappa shape index (κ2) is 6.93. The lowest BCUT2D eigenvalue weighted by atomic mass is 9.94. The first-order valence-corrected chi connectivity index (χ1v) is 9.73. The first kappa shape index (κ1) is 18.5. The summed E-state index contributed by atoms with van der Waals surface area (Å²) in [5, 5.41) is 9.02. The Bertz CT molecular complexity index is 978. The monoisotopic (exact) mass is 377 g/mol. The second-order valence-electron chi connectivity index (χ2n) is 7.91. The molecule has 2 aromatic heterocycles. The maximum absolute atomic E-state index is 13.7. The lowest BCUT2D eigenvalue weighted by Crippen LogP contribution is -2.39. The topological polar surface area (TPSA) is 56.0 Å². The molecule has 1 saturated carbocycles. The van der Waals surface area contributed by atoms with Crippen molar-refractivity contribution in [3.8, 4) is 0 Å². The van der Waals surface area contributed by atoms with Crippen molar-refractivity contribution in [3.05, 3.63) is 70.8 Å². The van der Waals surface area contributed by atoms with E-state index in [1.165, 1.54) is 0 Å². The first-order chi connectivity index (χ1) is 13.4. The smallest absolute Gasteiger partial charge is 0.233 e. The number of benzene rings is 1. The van der Waals surface area contributed by atoms with Gasteiger partial charge in [0.1, 0.15) is 0 Å². The lowest BCUT2D eigenvalue weighted by Gasteiger charge is -2.27. The average molecular weight is 377 g/mol. The van der Waals surface area contributed by atoms with Crippen molar-refractivity contribution in [2.45, 2.75) is 45.2 Å². The molecule has 0 unspecified atom stereocenters. The van der Waals surface area contributed by atoms with E-state index in [4.69, 9.17) is 0 Å². The van der Waals surface area contributed by atoms with Gasteiger partial charge in [-0.25, -0.2) is 0 Å². The van der Waals surface area contributed by atoms with E-state index < -0.39 is 5.41 Å². The van der Waals surface area contributed by atoms with Crippen LogP contribution >= 0.6 is 0 Å². The Hall–Kier alpha value is -2.89. The predicted octanol–water partition coefficient (Wildman–Crippen LogP) is 3.03. The molecule has 6 heteroatoms. The molecular weight excluding hydrogens is 350 g/mol. The Balaban J connectivity index is 1.66. The van der Waals surface area contributed by atoms with Crippen molar-refractivity contribution in [2.24, 2.45) is 14.1 Å². The van der Waals surface area contributed by atoms with Crippen molar-refractivity contribution in [1.29, 1.82) is 0 Å². The number of carbonyl (C=O) groups is 1. The molecule has 0 spiro atoms. The minimum atomic E-state index is -0.390. The Morgan fingerprint density at radius 2 is 1.75 bits per heavy atom. The summed E-state index contributed by atoms with van der Waals surface area (Å²) in [6.45, 7) is 5.03. The number of rotatable bonds is 6. The molecule has 1 aliphatic rings. The zero-order chi connectivity index (χ0) is 19.9. The third kappa shape index (κ3) is 3.35. The largest absolute Gasteiger partial charge is 0.330 e. The summed E-state index contributed by atoms with van der Waals surface area (Å²) in [7, 11) is 3.86. The van der Waals surface area contributed by atoms with E-state index in [0.717, 1.165) is 41.2 Å². The van der Waals surface area contributed by atoms with Gasteiger partial charge in [-0.3, -0.25) is 14.2 Å². The van der Waals surface area contributed by atoms with Gasteiger partial charge < -0.3 is 4.90 Å². The Kier molecular flexibility index (Phi) is 4.57. The maximum atomic E-state index is 13.7. The van der Waals surface area contributed by atoms with Gasteiger partial charge in [0, 0.05) is 19.8 Å². The van der Waals surface area contributed by atoms with Gasteiger partial charge in [-0.15, -0.1) is 0 Å². The number of aromatic nitrogens is 4. The van der Waals surface area contributed by atoms with Crippen LogP contribution in [0.5, 0.6) is 0 Å². The number of aryl methyl sites for hydroxylation is 4. The van der Waals surface area contributed by atoms with Crippen LogP contribution < -0.4 is 0 Å². The number of carbonyl (C=O) groups excluding carboxylic acids is 1. The molecule has 6 nitrogen and oxygen atoms in total. The molecular formula is C22H27N5O. The van der Waals surface area contributed by atoms with Crippen molar-refractivity contribution in [3.63, 3.8) is 0 Å². The molecule has 0 radical (unpaired) electrons. The minimum absolute atomic E-state index is 0.181. The normalized spacial score (nSPS) is 14.9. The van der Waals surface area contributed by atoms with Crippen LogP contribution in [0.2, 0.25) is 0 Å². The third-order valence-electron chi connectivity index (χ3n) is 5.74. The van der Waals surface area contributed by atoms with Crippen LogP contribution in [-0.2, 0) is 37.4 Å². The van der Waals surface area contributed by atoms with Crippen molar-refractivity contribution < 1.29 is 4.79 Å². The van der Waals surface area contributed by atoms with E-state index >= 15 is 0 Å². The molecule has 3 aromatic rings. The molecule has 0 bridgehead atoms. The van der Waals surface area contributed by atoms with Gasteiger partial charge in [-0.05, 0) is 44.4 Å². The highest BCUT2D eigenvalue weighted by atomic mass is 16.2. The van der Waals surface area contributed by atoms with Gasteiger partial charge in [0.25, 0.3) is 0 Å². The van der Waals surface area contributed by atoms with E-state index in [1.54, 1.807) is 0 Å². The highest BCUT2D eigenvalue weighted by Crippen LogP contribution is 2.49. The fraction of sp³-hybridized carbons (Fsp3) is 0.409. The van der Waals surface area contributed by atoms with Crippen LogP contribution in [0.3, 0.4) is 0 Å². The van der Waals surface area contributed by atoms with Crippen molar-refractivity contribution >= 4 is 5.91 Å². The molecule has 28 heavy (non-hydrogen) atoms. The van der Waals surface area contributed by atoms with Gasteiger partial charge >= 0.3 is 0 Å². The van der Waals surface area contributed by atoms with Crippen LogP contribution in [0, 0.1) is 13.8 Å². The van der Waals surface area contributed by atoms with Gasteiger partial charge in [-0.2, -0.15) is 10.2 Å². The predicted molar refractivity (Wildman–Crippen MR) is 107 cm³/mol. The molecule has 2 heterocycles. The van der Waals surface area contributed by atoms with Gasteiger partial charge in [0.2, 0.25) is 5.91 Å². The van der Waals surface area contributed by atoms with Crippen LogP contribution in [0.25, 0.3) is 0 Å². The van der Waals surface area contributed by atoms with Gasteiger partial charge in [0.05, 0.1) is 35.6 Å². The fourth-order valence-corrected chi connectivity index (χ4v) is 3.93. The van der Waals surface area contributed by atoms with E-state index in [9.17, 15) is 4.79 Å². The van der Waals surface area contributed by atoms with Gasteiger partial charge in [-0.1, -0.05) is 30.3 Å². The molecule has 146 valence electrons. The lowest BCUT2D eigenvalue weighted by molar-refractivity contribution is -0.135. The van der Waals surface area contributed by atoms with E-state index in [1.807, 2.05) is 66.5 Å². The number of amides is 1. The van der Waals surface area contributed by atoms with Gasteiger partial charge in [0.15, 0.2) is 0 Å². The molecule has 1 aromatic carbocycles. The summed E-state index contributed by atoms with van der Waals surface area (Å²) in [6.07, 6.45) is 1.80. The molecule has 0 aliphatic heterocycles. The summed E-state index contributed by atoms with van der Waals surface area (Å²) in [5.41, 5.74) is 4.71. The highest BCUT2D eigenvalue weighted by Gasteiger charge is 2.53. The summed E-state index contributed by atoms with van der Waals surface area (Å²) in [4.78, 5) is 15.7. The molecule has 1 amide bonds. The quantitative estimate of drug-likeness (QED) is 0.663. The van der Waals surface area contributed by atoms with Crippen molar-refractivity contribution in [1.82, 2.24) is 24.5 Å². The molecule has 4 rings (SSSR count). The average Bonchev–Trinajstić information content (AvgIpc) is 3.34. The molecule has 1 aliphatic carbocycles. The summed E-state index contributed by atoms with van der Waals surface area (Å²) in [6, 6.07) is 14.3. The molecule has 0 saturated heterocycles. The SMILES string of the molecule is Cc1cc(CN(Cc2cc(C)n(C)n2)C(=O)C2(c3ccccc3)CC2)n(C)n1. The Labute approximate surface area is 165 Å². The standard InChI is InChI=1S/C22H27N5O/c1-16-12-20(26(4)23-16)15-27(14-19-13-17(2)25(3)24-19)21(28)22(10-11-22)18-8-6-5-7-9-18/h5-9,12-13H,10-11,14-15H2,1-4H3. The number of hydrogen-bond acceptors (Lipinski definition) is 3. The number of hydrogen-bond donors (Lipinski definition) is 0. The fourth-order valence-electron chi connectivity index (χ4n) is 3.93. The summed E-state index contributed by atoms with van der Waals surface area (Å²) >= 11 is 0. The zero-order valence-corrected chi connectivity index (χ0v) is 17.0. The van der Waals surface area contributed by atoms with Crippen LogP contribution in [-0.4, -0.2) is 30.4 Å².